The van der Waals surface area contributed by atoms with Gasteiger partial charge in [0.25, 0.3) is 5.91 Å². The molecule has 0 aliphatic rings. The Morgan fingerprint density at radius 2 is 1.88 bits per heavy atom. The van der Waals surface area contributed by atoms with Crippen LogP contribution in [0, 0.1) is 0 Å². The molecular weight excluding hydrogens is 400 g/mol. The molecule has 2 aromatic heterocycles. The molecule has 0 aliphatic carbocycles. The number of nitrogens with zero attached hydrogens (tertiary/aromatic N) is 1. The Morgan fingerprint density at radius 1 is 1.12 bits per heavy atom. The predicted octanol–water partition coefficient (Wildman–Crippen LogP) is 3.96. The number of hydrogen-bond donors (Lipinski definition) is 2. The van der Waals surface area contributed by atoms with E-state index in [1.165, 1.54) is 18.5 Å². The molecule has 0 fully saturated rings. The van der Waals surface area contributed by atoms with Gasteiger partial charge in [-0.25, -0.2) is 4.79 Å². The molecule has 2 heterocycles. The number of carboxylic acid groups (broad SMARTS) is 1. The van der Waals surface area contributed by atoms with Crippen LogP contribution < -0.4 is 5.32 Å². The quantitative estimate of drug-likeness (QED) is 0.618. The summed E-state index contributed by atoms with van der Waals surface area (Å²) in [5, 5.41) is 11.7. The van der Waals surface area contributed by atoms with Crippen LogP contribution in [-0.4, -0.2) is 22.0 Å². The second-order valence-corrected chi connectivity index (χ2v) is 6.19. The van der Waals surface area contributed by atoms with Gasteiger partial charge in [0, 0.05) is 28.5 Å². The molecule has 1 amide bonds. The lowest BCUT2D eigenvalue weighted by atomic mass is 10.2. The highest BCUT2D eigenvalue weighted by molar-refractivity contribution is 9.10. The molecule has 0 saturated carbocycles. The first-order valence-corrected chi connectivity index (χ1v) is 8.34. The molecule has 0 saturated heterocycles. The Balaban J connectivity index is 1.83. The number of hydrogen-bond acceptors (Lipinski definition) is 4. The first-order chi connectivity index (χ1) is 12.5. The van der Waals surface area contributed by atoms with Crippen molar-refractivity contribution in [3.05, 3.63) is 82.4 Å². The second-order valence-electron chi connectivity index (χ2n) is 5.28. The van der Waals surface area contributed by atoms with Gasteiger partial charge in [-0.3, -0.25) is 9.78 Å². The Labute approximate surface area is 157 Å². The number of pyridine rings is 1. The van der Waals surface area contributed by atoms with Gasteiger partial charge < -0.3 is 14.8 Å². The first-order valence-electron chi connectivity index (χ1n) is 7.55. The van der Waals surface area contributed by atoms with E-state index in [0.29, 0.717) is 16.0 Å². The highest BCUT2D eigenvalue weighted by atomic mass is 79.9. The number of furan rings is 1. The normalized spacial score (nSPS) is 11.2. The number of carboxylic acids is 1. The van der Waals surface area contributed by atoms with Gasteiger partial charge >= 0.3 is 5.97 Å². The molecule has 3 rings (SSSR count). The van der Waals surface area contributed by atoms with Crippen molar-refractivity contribution >= 4 is 33.9 Å². The average Bonchev–Trinajstić information content (AvgIpc) is 3.10. The van der Waals surface area contributed by atoms with Gasteiger partial charge in [0.2, 0.25) is 0 Å². The summed E-state index contributed by atoms with van der Waals surface area (Å²) in [7, 11) is 0. The summed E-state index contributed by atoms with van der Waals surface area (Å²) < 4.78 is 6.26. The van der Waals surface area contributed by atoms with Crippen molar-refractivity contribution in [3.63, 3.8) is 0 Å². The van der Waals surface area contributed by atoms with Crippen LogP contribution >= 0.6 is 15.9 Å². The van der Waals surface area contributed by atoms with Crippen molar-refractivity contribution in [3.8, 4) is 11.3 Å². The molecule has 6 nitrogen and oxygen atoms in total. The number of amides is 1. The van der Waals surface area contributed by atoms with Gasteiger partial charge in [-0.2, -0.15) is 0 Å². The predicted molar refractivity (Wildman–Crippen MR) is 99.2 cm³/mol. The largest absolute Gasteiger partial charge is 0.477 e. The van der Waals surface area contributed by atoms with Gasteiger partial charge in [-0.05, 0) is 34.1 Å². The average molecular weight is 413 g/mol. The van der Waals surface area contributed by atoms with E-state index in [1.807, 2.05) is 30.3 Å². The molecule has 1 aromatic carbocycles. The third kappa shape index (κ3) is 4.25. The van der Waals surface area contributed by atoms with Crippen molar-refractivity contribution in [2.75, 3.05) is 0 Å². The van der Waals surface area contributed by atoms with Crippen molar-refractivity contribution < 1.29 is 19.1 Å². The molecule has 0 aliphatic heterocycles. The first kappa shape index (κ1) is 17.6. The van der Waals surface area contributed by atoms with Gasteiger partial charge in [0.05, 0.1) is 5.56 Å². The molecular formula is C19H13BrN2O4. The maximum Gasteiger partial charge on any atom is 0.352 e. The fraction of sp³-hybridized carbons (Fsp3) is 0. The van der Waals surface area contributed by atoms with Crippen LogP contribution in [0.25, 0.3) is 17.4 Å². The lowest BCUT2D eigenvalue weighted by Gasteiger charge is -2.05. The topological polar surface area (TPSA) is 92.4 Å². The lowest BCUT2D eigenvalue weighted by Crippen LogP contribution is -2.27. The molecule has 2 N–H and O–H groups in total. The number of carbonyl (C=O) groups excluding carboxylic acids is 1. The number of halogens is 1. The SMILES string of the molecule is O=C(O)/C(=C\c1ccc(-c2ccccc2)o1)NC(=O)c1cncc(Br)c1. The van der Waals surface area contributed by atoms with Gasteiger partial charge in [0.15, 0.2) is 0 Å². The molecule has 7 heteroatoms. The maximum absolute atomic E-state index is 12.2. The third-order valence-electron chi connectivity index (χ3n) is 3.42. The molecule has 3 aromatic rings. The molecule has 0 radical (unpaired) electrons. The zero-order chi connectivity index (χ0) is 18.5. The van der Waals surface area contributed by atoms with Crippen molar-refractivity contribution in [2.24, 2.45) is 0 Å². The number of carbonyl (C=O) groups is 2. The number of aliphatic carboxylic acids is 1. The van der Waals surface area contributed by atoms with Crippen molar-refractivity contribution in [1.29, 1.82) is 0 Å². The highest BCUT2D eigenvalue weighted by Crippen LogP contribution is 2.23. The van der Waals surface area contributed by atoms with E-state index in [2.05, 4.69) is 26.2 Å². The van der Waals surface area contributed by atoms with Crippen molar-refractivity contribution in [2.45, 2.75) is 0 Å². The summed E-state index contributed by atoms with van der Waals surface area (Å²) in [5.41, 5.74) is 0.799. The molecule has 0 unspecified atom stereocenters. The molecule has 0 bridgehead atoms. The van der Waals surface area contributed by atoms with Crippen LogP contribution in [0.3, 0.4) is 0 Å². The molecule has 26 heavy (non-hydrogen) atoms. The summed E-state index contributed by atoms with van der Waals surface area (Å²) in [6, 6.07) is 14.3. The summed E-state index contributed by atoms with van der Waals surface area (Å²) in [4.78, 5) is 27.6. The van der Waals surface area contributed by atoms with Crippen LogP contribution in [0.1, 0.15) is 16.1 Å². The van der Waals surface area contributed by atoms with Crippen LogP contribution in [0.4, 0.5) is 0 Å². The zero-order valence-corrected chi connectivity index (χ0v) is 14.9. The number of nitrogens with one attached hydrogen (secondary N) is 1. The standard InChI is InChI=1S/C19H13BrN2O4/c20-14-8-13(10-21-11-14)18(23)22-16(19(24)25)9-15-6-7-17(26-15)12-4-2-1-3-5-12/h1-11H,(H,22,23)(H,24,25)/b16-9+. The minimum atomic E-state index is -1.28. The number of benzene rings is 1. The minimum Gasteiger partial charge on any atom is -0.477 e. The molecule has 0 atom stereocenters. The zero-order valence-electron chi connectivity index (χ0n) is 13.3. The highest BCUT2D eigenvalue weighted by Gasteiger charge is 2.15. The van der Waals surface area contributed by atoms with Gasteiger partial charge in [0.1, 0.15) is 17.2 Å². The molecule has 0 spiro atoms. The Hall–Kier alpha value is -3.19. The third-order valence-corrected chi connectivity index (χ3v) is 3.85. The van der Waals surface area contributed by atoms with Crippen molar-refractivity contribution in [1.82, 2.24) is 10.3 Å². The monoisotopic (exact) mass is 412 g/mol. The van der Waals surface area contributed by atoms with Crippen LogP contribution in [-0.2, 0) is 4.79 Å². The number of rotatable bonds is 5. The Bertz CT molecular complexity index is 980. The van der Waals surface area contributed by atoms with Crippen LogP contribution in [0.15, 0.2) is 75.5 Å². The second kappa shape index (κ2) is 7.79. The van der Waals surface area contributed by atoms with Gasteiger partial charge in [-0.15, -0.1) is 0 Å². The van der Waals surface area contributed by atoms with E-state index >= 15 is 0 Å². The van der Waals surface area contributed by atoms with Crippen LogP contribution in [0.5, 0.6) is 0 Å². The van der Waals surface area contributed by atoms with E-state index in [-0.39, 0.29) is 11.3 Å². The smallest absolute Gasteiger partial charge is 0.352 e. The summed E-state index contributed by atoms with van der Waals surface area (Å²) >= 11 is 3.22. The summed E-state index contributed by atoms with van der Waals surface area (Å²) in [5.74, 6) is -0.945. The Kier molecular flexibility index (Phi) is 5.28. The lowest BCUT2D eigenvalue weighted by molar-refractivity contribution is -0.132. The van der Waals surface area contributed by atoms with E-state index < -0.39 is 11.9 Å². The minimum absolute atomic E-state index is 0.232. The van der Waals surface area contributed by atoms with E-state index in [9.17, 15) is 14.7 Å². The number of aromatic nitrogens is 1. The summed E-state index contributed by atoms with van der Waals surface area (Å²) in [6.07, 6.45) is 4.14. The fourth-order valence-corrected chi connectivity index (χ4v) is 2.58. The Morgan fingerprint density at radius 3 is 2.58 bits per heavy atom. The van der Waals surface area contributed by atoms with E-state index in [1.54, 1.807) is 18.2 Å². The van der Waals surface area contributed by atoms with Gasteiger partial charge in [-0.1, -0.05) is 30.3 Å². The fourth-order valence-electron chi connectivity index (χ4n) is 2.21. The maximum atomic E-state index is 12.2. The van der Waals surface area contributed by atoms with E-state index in [4.69, 9.17) is 4.42 Å². The summed E-state index contributed by atoms with van der Waals surface area (Å²) in [6.45, 7) is 0. The van der Waals surface area contributed by atoms with E-state index in [0.717, 1.165) is 5.56 Å². The molecule has 130 valence electrons. The van der Waals surface area contributed by atoms with Crippen LogP contribution in [0.2, 0.25) is 0 Å².